The van der Waals surface area contributed by atoms with Gasteiger partial charge in [-0.3, -0.25) is 14.7 Å². The standard InChI is InChI=1S/C26H24ClFN8O3/c1-3-22(37)30-16-9-15(12-36(2)13-16)26-33-24(35-39-26)14-7-8-19(18(28)10-14)32-25(38)21-6-4-5-20(31-21)23-17(27)11-29-34-23/h3-8,10-11,15-16H,1,9,12-13H2,2H3,(H,29,34)(H,30,37)(H,32,38)/t15-,16+/m1/s1. The lowest BCUT2D eigenvalue weighted by atomic mass is 9.94. The molecule has 1 fully saturated rings. The maximum atomic E-state index is 15.0. The van der Waals surface area contributed by atoms with Gasteiger partial charge in [0.2, 0.25) is 17.6 Å². The highest BCUT2D eigenvalue weighted by Crippen LogP contribution is 2.29. The topological polar surface area (TPSA) is 142 Å². The van der Waals surface area contributed by atoms with E-state index in [1.54, 1.807) is 18.2 Å². The van der Waals surface area contributed by atoms with Crippen LogP contribution in [0, 0.1) is 5.82 Å². The number of hydrogen-bond acceptors (Lipinski definition) is 8. The van der Waals surface area contributed by atoms with E-state index >= 15 is 0 Å². The molecule has 0 aliphatic carbocycles. The lowest BCUT2D eigenvalue weighted by Gasteiger charge is -2.34. The first kappa shape index (κ1) is 26.2. The van der Waals surface area contributed by atoms with Crippen molar-refractivity contribution >= 4 is 29.1 Å². The third-order valence-corrected chi connectivity index (χ3v) is 6.55. The Morgan fingerprint density at radius 3 is 2.85 bits per heavy atom. The van der Waals surface area contributed by atoms with Crippen molar-refractivity contribution in [2.75, 3.05) is 25.5 Å². The van der Waals surface area contributed by atoms with Crippen LogP contribution in [0.15, 0.2) is 59.8 Å². The Hall–Kier alpha value is -4.42. The van der Waals surface area contributed by atoms with Crippen molar-refractivity contribution in [2.24, 2.45) is 0 Å². The first-order chi connectivity index (χ1) is 18.8. The van der Waals surface area contributed by atoms with Crippen molar-refractivity contribution in [3.63, 3.8) is 0 Å². The molecule has 3 N–H and O–H groups in total. The molecule has 39 heavy (non-hydrogen) atoms. The summed E-state index contributed by atoms with van der Waals surface area (Å²) in [4.78, 5) is 35.3. The SMILES string of the molecule is C=CC(=O)N[C@H]1C[C@@H](c2nc(-c3ccc(NC(=O)c4cccc(-c5[nH]ncc5Cl)n4)c(F)c3)no2)CN(C)C1. The molecule has 0 saturated carbocycles. The molecule has 2 atom stereocenters. The highest BCUT2D eigenvalue weighted by Gasteiger charge is 2.31. The summed E-state index contributed by atoms with van der Waals surface area (Å²) in [5.74, 6) is -1.01. The fourth-order valence-corrected chi connectivity index (χ4v) is 4.66. The monoisotopic (exact) mass is 550 g/mol. The Morgan fingerprint density at radius 1 is 1.26 bits per heavy atom. The summed E-state index contributed by atoms with van der Waals surface area (Å²) < 4.78 is 20.5. The van der Waals surface area contributed by atoms with Gasteiger partial charge in [-0.2, -0.15) is 10.1 Å². The van der Waals surface area contributed by atoms with E-state index in [1.165, 1.54) is 30.5 Å². The van der Waals surface area contributed by atoms with Crippen LogP contribution in [0.5, 0.6) is 0 Å². The number of nitrogens with zero attached hydrogens (tertiary/aromatic N) is 5. The van der Waals surface area contributed by atoms with E-state index in [0.717, 1.165) is 0 Å². The summed E-state index contributed by atoms with van der Waals surface area (Å²) in [6, 6.07) is 8.95. The average Bonchev–Trinajstić information content (AvgIpc) is 3.59. The van der Waals surface area contributed by atoms with Crippen molar-refractivity contribution < 1.29 is 18.5 Å². The number of pyridine rings is 1. The largest absolute Gasteiger partial charge is 0.349 e. The molecular formula is C26H24ClFN8O3. The van der Waals surface area contributed by atoms with Crippen molar-refractivity contribution in [3.8, 4) is 22.8 Å². The Kier molecular flexibility index (Phi) is 7.48. The fourth-order valence-electron chi connectivity index (χ4n) is 4.47. The van der Waals surface area contributed by atoms with Gasteiger partial charge in [-0.25, -0.2) is 9.37 Å². The lowest BCUT2D eigenvalue weighted by molar-refractivity contribution is -0.117. The molecule has 1 aliphatic heterocycles. The molecule has 1 saturated heterocycles. The number of amides is 2. The molecule has 200 valence electrons. The molecule has 0 bridgehead atoms. The molecule has 1 aromatic carbocycles. The van der Waals surface area contributed by atoms with Gasteiger partial charge in [-0.1, -0.05) is 29.4 Å². The number of H-pyrrole nitrogens is 1. The minimum Gasteiger partial charge on any atom is -0.349 e. The minimum atomic E-state index is -0.676. The summed E-state index contributed by atoms with van der Waals surface area (Å²) in [5.41, 5.74) is 1.32. The van der Waals surface area contributed by atoms with Crippen molar-refractivity contribution in [3.05, 3.63) is 77.7 Å². The van der Waals surface area contributed by atoms with Gasteiger partial charge in [-0.05, 0) is 49.9 Å². The van der Waals surface area contributed by atoms with Crippen LogP contribution in [-0.2, 0) is 4.79 Å². The van der Waals surface area contributed by atoms with E-state index in [4.69, 9.17) is 16.1 Å². The highest BCUT2D eigenvalue weighted by molar-refractivity contribution is 6.32. The maximum absolute atomic E-state index is 15.0. The number of piperidine rings is 1. The van der Waals surface area contributed by atoms with Crippen LogP contribution in [0.3, 0.4) is 0 Å². The van der Waals surface area contributed by atoms with Gasteiger partial charge >= 0.3 is 0 Å². The van der Waals surface area contributed by atoms with Crippen molar-refractivity contribution in [1.29, 1.82) is 0 Å². The number of carbonyl (C=O) groups excluding carboxylic acids is 2. The van der Waals surface area contributed by atoms with Gasteiger partial charge < -0.3 is 20.1 Å². The summed E-state index contributed by atoms with van der Waals surface area (Å²) >= 11 is 6.08. The lowest BCUT2D eigenvalue weighted by Crippen LogP contribution is -2.48. The van der Waals surface area contributed by atoms with Crippen molar-refractivity contribution in [2.45, 2.75) is 18.4 Å². The smallest absolute Gasteiger partial charge is 0.274 e. The zero-order chi connectivity index (χ0) is 27.5. The van der Waals surface area contributed by atoms with Crippen molar-refractivity contribution in [1.82, 2.24) is 35.5 Å². The molecule has 5 rings (SSSR count). The number of aromatic nitrogens is 5. The Bertz CT molecular complexity index is 1540. The van der Waals surface area contributed by atoms with Gasteiger partial charge in [0.1, 0.15) is 17.2 Å². The third kappa shape index (κ3) is 5.86. The Balaban J connectivity index is 1.28. The first-order valence-corrected chi connectivity index (χ1v) is 12.4. The van der Waals surface area contributed by atoms with E-state index < -0.39 is 11.7 Å². The van der Waals surface area contributed by atoms with Crippen LogP contribution in [0.2, 0.25) is 5.02 Å². The van der Waals surface area contributed by atoms with Crippen LogP contribution in [0.1, 0.15) is 28.7 Å². The number of halogens is 2. The highest BCUT2D eigenvalue weighted by atomic mass is 35.5. The van der Waals surface area contributed by atoms with Gasteiger partial charge in [0.15, 0.2) is 0 Å². The zero-order valence-corrected chi connectivity index (χ0v) is 21.6. The fraction of sp³-hybridized carbons (Fsp3) is 0.231. The number of rotatable bonds is 7. The van der Waals surface area contributed by atoms with Gasteiger partial charge in [0.05, 0.1) is 28.5 Å². The van der Waals surface area contributed by atoms with Crippen LogP contribution in [0.4, 0.5) is 10.1 Å². The third-order valence-electron chi connectivity index (χ3n) is 6.26. The summed E-state index contributed by atoms with van der Waals surface area (Å²) in [6.07, 6.45) is 3.29. The van der Waals surface area contributed by atoms with Crippen LogP contribution < -0.4 is 10.6 Å². The molecule has 0 radical (unpaired) electrons. The average molecular weight is 551 g/mol. The minimum absolute atomic E-state index is 0.0334. The van der Waals surface area contributed by atoms with Gasteiger partial charge in [0, 0.05) is 24.7 Å². The second-order valence-corrected chi connectivity index (χ2v) is 9.58. The number of hydrogen-bond donors (Lipinski definition) is 3. The molecule has 11 nitrogen and oxygen atoms in total. The number of carbonyl (C=O) groups is 2. The van der Waals surface area contributed by atoms with Crippen LogP contribution >= 0.6 is 11.6 Å². The van der Waals surface area contributed by atoms with Crippen LogP contribution in [0.25, 0.3) is 22.8 Å². The Morgan fingerprint density at radius 2 is 2.10 bits per heavy atom. The number of benzene rings is 1. The van der Waals surface area contributed by atoms with E-state index in [1.807, 2.05) is 7.05 Å². The number of likely N-dealkylation sites (N-methyl/N-ethyl adjacent to an activating group) is 1. The van der Waals surface area contributed by atoms with E-state index in [0.29, 0.717) is 47.4 Å². The summed E-state index contributed by atoms with van der Waals surface area (Å²) in [7, 11) is 1.94. The second kappa shape index (κ2) is 11.1. The van der Waals surface area contributed by atoms with Gasteiger partial charge in [-0.15, -0.1) is 0 Å². The van der Waals surface area contributed by atoms with E-state index in [2.05, 4.69) is 47.4 Å². The first-order valence-electron chi connectivity index (χ1n) is 12.0. The second-order valence-electron chi connectivity index (χ2n) is 9.17. The predicted molar refractivity (Wildman–Crippen MR) is 141 cm³/mol. The van der Waals surface area contributed by atoms with Crippen LogP contribution in [-0.4, -0.2) is 68.2 Å². The molecule has 0 unspecified atom stereocenters. The van der Waals surface area contributed by atoms with Gasteiger partial charge in [0.25, 0.3) is 5.91 Å². The maximum Gasteiger partial charge on any atom is 0.274 e. The molecular weight excluding hydrogens is 527 g/mol. The van der Waals surface area contributed by atoms with E-state index in [9.17, 15) is 14.0 Å². The quantitative estimate of drug-likeness (QED) is 0.296. The molecule has 3 aromatic heterocycles. The molecule has 0 spiro atoms. The normalized spacial score (nSPS) is 17.5. The molecule has 4 aromatic rings. The number of anilines is 1. The molecule has 13 heteroatoms. The molecule has 4 heterocycles. The zero-order valence-electron chi connectivity index (χ0n) is 20.8. The van der Waals surface area contributed by atoms with E-state index in [-0.39, 0.29) is 35.1 Å². The Labute approximate surface area is 227 Å². The number of aromatic amines is 1. The summed E-state index contributed by atoms with van der Waals surface area (Å²) in [6.45, 7) is 4.84. The molecule has 2 amide bonds. The molecule has 1 aliphatic rings. The predicted octanol–water partition coefficient (Wildman–Crippen LogP) is 3.66. The number of likely N-dealkylation sites (tertiary alicyclic amines) is 1. The number of nitrogens with one attached hydrogen (secondary N) is 3. The summed E-state index contributed by atoms with van der Waals surface area (Å²) in [5, 5.41) is 16.4.